The smallest absolute Gasteiger partial charge is 0.328 e. The minimum Gasteiger partial charge on any atom is -0.478 e. The average molecular weight is 324 g/mol. The van der Waals surface area contributed by atoms with E-state index in [1.165, 1.54) is 34.8 Å². The van der Waals surface area contributed by atoms with Crippen LogP contribution in [0.2, 0.25) is 0 Å². The zero-order valence-corrected chi connectivity index (χ0v) is 15.6. The molecule has 0 saturated heterocycles. The Labute approximate surface area is 145 Å². The van der Waals surface area contributed by atoms with Crippen molar-refractivity contribution < 1.29 is 9.90 Å². The number of rotatable bonds is 4. The Balaban J connectivity index is 2.30. The second-order valence-corrected chi connectivity index (χ2v) is 8.14. The van der Waals surface area contributed by atoms with Gasteiger partial charge in [-0.05, 0) is 58.9 Å². The van der Waals surface area contributed by atoms with Crippen molar-refractivity contribution in [1.29, 1.82) is 0 Å². The lowest BCUT2D eigenvalue weighted by Crippen LogP contribution is -2.17. The fourth-order valence-electron chi connectivity index (χ4n) is 3.92. The molecule has 0 aliphatic heterocycles. The summed E-state index contributed by atoms with van der Waals surface area (Å²) in [5, 5.41) is 8.73. The molecule has 0 amide bonds. The molecule has 2 rings (SSSR count). The molecule has 0 atom stereocenters. The van der Waals surface area contributed by atoms with Crippen LogP contribution in [0.1, 0.15) is 64.7 Å². The summed E-state index contributed by atoms with van der Waals surface area (Å²) < 4.78 is 0. The Morgan fingerprint density at radius 2 is 1.71 bits per heavy atom. The molecular formula is C22H28O2. The number of aliphatic carboxylic acids is 1. The lowest BCUT2D eigenvalue weighted by molar-refractivity contribution is -0.131. The fraction of sp³-hybridized carbons (Fsp3) is 0.409. The van der Waals surface area contributed by atoms with Gasteiger partial charge in [0.1, 0.15) is 0 Å². The summed E-state index contributed by atoms with van der Waals surface area (Å²) in [6.07, 6.45) is 8.14. The third-order valence-electron chi connectivity index (χ3n) is 4.87. The number of hydrogen-bond donors (Lipinski definition) is 1. The first-order valence-electron chi connectivity index (χ1n) is 8.44. The maximum Gasteiger partial charge on any atom is 0.328 e. The van der Waals surface area contributed by atoms with E-state index in [4.69, 9.17) is 5.11 Å². The highest BCUT2D eigenvalue weighted by Crippen LogP contribution is 2.49. The van der Waals surface area contributed by atoms with Gasteiger partial charge in [0, 0.05) is 6.08 Å². The molecule has 24 heavy (non-hydrogen) atoms. The molecule has 1 aromatic carbocycles. The van der Waals surface area contributed by atoms with Gasteiger partial charge in [0.25, 0.3) is 0 Å². The summed E-state index contributed by atoms with van der Waals surface area (Å²) >= 11 is 0. The van der Waals surface area contributed by atoms with Gasteiger partial charge in [-0.1, -0.05) is 64.1 Å². The molecule has 0 heterocycles. The Morgan fingerprint density at radius 1 is 1.08 bits per heavy atom. The van der Waals surface area contributed by atoms with Gasteiger partial charge in [-0.15, -0.1) is 0 Å². The number of carbonyl (C=O) groups is 1. The number of benzene rings is 1. The van der Waals surface area contributed by atoms with Gasteiger partial charge in [0.15, 0.2) is 0 Å². The zero-order valence-electron chi connectivity index (χ0n) is 15.6. The fourth-order valence-corrected chi connectivity index (χ4v) is 3.92. The van der Waals surface area contributed by atoms with Crippen LogP contribution in [0.4, 0.5) is 0 Å². The summed E-state index contributed by atoms with van der Waals surface area (Å²) in [5.74, 6) is -0.915. The molecule has 1 aliphatic carbocycles. The first-order valence-corrected chi connectivity index (χ1v) is 8.44. The molecule has 1 N–H and O–H groups in total. The monoisotopic (exact) mass is 324 g/mol. The molecule has 0 spiro atoms. The van der Waals surface area contributed by atoms with Gasteiger partial charge in [0.2, 0.25) is 0 Å². The van der Waals surface area contributed by atoms with Crippen LogP contribution in [0.15, 0.2) is 48.1 Å². The van der Waals surface area contributed by atoms with Gasteiger partial charge in [-0.3, -0.25) is 0 Å². The van der Waals surface area contributed by atoms with Crippen LogP contribution in [-0.4, -0.2) is 11.1 Å². The Bertz CT molecular complexity index is 743. The SMILES string of the molecule is C/C(=C/C=C/C(C)=C/C(=O)O)c1ccc2c(c1)C(C)(C)CC2(C)C. The van der Waals surface area contributed by atoms with Crippen molar-refractivity contribution in [2.75, 3.05) is 0 Å². The van der Waals surface area contributed by atoms with Crippen molar-refractivity contribution in [1.82, 2.24) is 0 Å². The largest absolute Gasteiger partial charge is 0.478 e. The van der Waals surface area contributed by atoms with Gasteiger partial charge in [-0.2, -0.15) is 0 Å². The molecular weight excluding hydrogens is 296 g/mol. The predicted molar refractivity (Wildman–Crippen MR) is 101 cm³/mol. The minimum atomic E-state index is -0.915. The molecule has 2 heteroatoms. The second-order valence-electron chi connectivity index (χ2n) is 8.14. The summed E-state index contributed by atoms with van der Waals surface area (Å²) in [6.45, 7) is 13.2. The Morgan fingerprint density at radius 3 is 2.33 bits per heavy atom. The topological polar surface area (TPSA) is 37.3 Å². The van der Waals surface area contributed by atoms with Crippen LogP contribution in [0.5, 0.6) is 0 Å². The molecule has 128 valence electrons. The van der Waals surface area contributed by atoms with Crippen molar-refractivity contribution in [3.05, 3.63) is 64.8 Å². The number of allylic oxidation sites excluding steroid dienone is 5. The van der Waals surface area contributed by atoms with Crippen LogP contribution in [0, 0.1) is 0 Å². The molecule has 1 aromatic rings. The highest BCUT2D eigenvalue weighted by molar-refractivity contribution is 5.81. The van der Waals surface area contributed by atoms with Gasteiger partial charge < -0.3 is 5.11 Å². The molecule has 1 aliphatic rings. The van der Waals surface area contributed by atoms with E-state index in [0.717, 1.165) is 5.57 Å². The predicted octanol–water partition coefficient (Wildman–Crippen LogP) is 5.64. The van der Waals surface area contributed by atoms with Crippen LogP contribution < -0.4 is 0 Å². The van der Waals surface area contributed by atoms with Crippen molar-refractivity contribution >= 4 is 11.5 Å². The van der Waals surface area contributed by atoms with E-state index in [2.05, 4.69) is 52.8 Å². The third-order valence-corrected chi connectivity index (χ3v) is 4.87. The summed E-state index contributed by atoms with van der Waals surface area (Å²) in [6, 6.07) is 6.79. The maximum atomic E-state index is 10.6. The number of fused-ring (bicyclic) bond motifs is 1. The molecule has 0 bridgehead atoms. The highest BCUT2D eigenvalue weighted by Gasteiger charge is 2.41. The first-order chi connectivity index (χ1) is 11.0. The zero-order chi connectivity index (χ0) is 18.1. The maximum absolute atomic E-state index is 10.6. The molecule has 0 unspecified atom stereocenters. The van der Waals surface area contributed by atoms with E-state index in [1.807, 2.05) is 18.2 Å². The number of hydrogen-bond acceptors (Lipinski definition) is 1. The van der Waals surface area contributed by atoms with Gasteiger partial charge >= 0.3 is 5.97 Å². The van der Waals surface area contributed by atoms with E-state index in [0.29, 0.717) is 0 Å². The van der Waals surface area contributed by atoms with Crippen molar-refractivity contribution in [3.63, 3.8) is 0 Å². The lowest BCUT2D eigenvalue weighted by atomic mass is 9.82. The third kappa shape index (κ3) is 3.87. The van der Waals surface area contributed by atoms with E-state index in [9.17, 15) is 4.79 Å². The quantitative estimate of drug-likeness (QED) is 0.575. The number of carboxylic acid groups (broad SMARTS) is 1. The van der Waals surface area contributed by atoms with Crippen LogP contribution in [0.3, 0.4) is 0 Å². The van der Waals surface area contributed by atoms with Gasteiger partial charge in [0.05, 0.1) is 0 Å². The molecule has 0 saturated carbocycles. The molecule has 2 nitrogen and oxygen atoms in total. The second kappa shape index (κ2) is 6.43. The normalized spacial score (nSPS) is 19.6. The van der Waals surface area contributed by atoms with Crippen LogP contribution in [0.25, 0.3) is 5.57 Å². The van der Waals surface area contributed by atoms with E-state index in [1.54, 1.807) is 6.92 Å². The van der Waals surface area contributed by atoms with E-state index in [-0.39, 0.29) is 10.8 Å². The van der Waals surface area contributed by atoms with Crippen LogP contribution in [-0.2, 0) is 15.6 Å². The highest BCUT2D eigenvalue weighted by atomic mass is 16.4. The standard InChI is InChI=1S/C22H28O2/c1-15(12-20(23)24)8-7-9-16(2)17-10-11-18-19(13-17)22(5,6)14-21(18,3)4/h7-13H,14H2,1-6H3,(H,23,24)/b8-7+,15-12+,16-9-. The number of carboxylic acids is 1. The van der Waals surface area contributed by atoms with E-state index >= 15 is 0 Å². The van der Waals surface area contributed by atoms with Crippen molar-refractivity contribution in [3.8, 4) is 0 Å². The summed E-state index contributed by atoms with van der Waals surface area (Å²) in [4.78, 5) is 10.6. The molecule has 0 radical (unpaired) electrons. The van der Waals surface area contributed by atoms with E-state index < -0.39 is 5.97 Å². The summed E-state index contributed by atoms with van der Waals surface area (Å²) in [7, 11) is 0. The molecule has 0 aromatic heterocycles. The van der Waals surface area contributed by atoms with Crippen LogP contribution >= 0.6 is 0 Å². The minimum absolute atomic E-state index is 0.200. The molecule has 0 fully saturated rings. The average Bonchev–Trinajstić information content (AvgIpc) is 2.62. The Kier molecular flexibility index (Phi) is 4.89. The lowest BCUT2D eigenvalue weighted by Gasteiger charge is -2.22. The summed E-state index contributed by atoms with van der Waals surface area (Å²) in [5.41, 5.74) is 6.47. The first kappa shape index (κ1) is 18.3. The van der Waals surface area contributed by atoms with Crippen molar-refractivity contribution in [2.45, 2.75) is 58.8 Å². The van der Waals surface area contributed by atoms with Gasteiger partial charge in [-0.25, -0.2) is 4.79 Å². The Hall–Kier alpha value is -2.09. The van der Waals surface area contributed by atoms with Crippen molar-refractivity contribution in [2.24, 2.45) is 0 Å².